The number of nitrogens with zero attached hydrogens (tertiary/aromatic N) is 2. The Morgan fingerprint density at radius 2 is 1.00 bits per heavy atom. The molecule has 0 aliphatic heterocycles. The molecule has 0 amide bonds. The Labute approximate surface area is 59.1 Å². The third kappa shape index (κ3) is 7.50. The Balaban J connectivity index is 4.64. The van der Waals surface area contributed by atoms with Crippen molar-refractivity contribution in [3.05, 3.63) is 0 Å². The molecular weight excluding hydrogens is 180 g/mol. The monoisotopic (exact) mass is 186 g/mol. The lowest BCUT2D eigenvalue weighted by Crippen LogP contribution is -1.92. The van der Waals surface area contributed by atoms with Gasteiger partial charge in [-0.15, -0.1) is 0 Å². The number of hydrogen-bond donors (Lipinski definition) is 0. The van der Waals surface area contributed by atoms with Crippen LogP contribution < -0.4 is 0 Å². The Morgan fingerprint density at radius 1 is 0.800 bits per heavy atom. The maximum atomic E-state index is 10.2. The fourth-order valence-corrected chi connectivity index (χ4v) is 1.09. The molecule has 0 rings (SSSR count). The van der Waals surface area contributed by atoms with Crippen LogP contribution in [0.25, 0.3) is 0 Å². The molecule has 0 bridgehead atoms. The van der Waals surface area contributed by atoms with Crippen LogP contribution in [0.2, 0.25) is 0 Å². The van der Waals surface area contributed by atoms with E-state index in [4.69, 9.17) is 0 Å². The molecule has 0 aliphatic carbocycles. The van der Waals surface area contributed by atoms with Gasteiger partial charge in [-0.25, -0.2) is 16.8 Å². The van der Waals surface area contributed by atoms with Crippen LogP contribution in [0.5, 0.6) is 0 Å². The molecule has 0 N–H and O–H groups in total. The summed E-state index contributed by atoms with van der Waals surface area (Å²) in [7, 11) is -7.36. The Kier molecular flexibility index (Phi) is 2.49. The SMILES string of the molecule is CS(=O)(=O)N=NS(C)(=O)=O. The maximum Gasteiger partial charge on any atom is 0.268 e. The molecule has 0 heterocycles. The zero-order chi connectivity index (χ0) is 8.41. The van der Waals surface area contributed by atoms with Crippen molar-refractivity contribution in [3.63, 3.8) is 0 Å². The van der Waals surface area contributed by atoms with Crippen LogP contribution in [-0.4, -0.2) is 29.3 Å². The zero-order valence-electron chi connectivity index (χ0n) is 5.34. The van der Waals surface area contributed by atoms with Gasteiger partial charge in [0.2, 0.25) is 0 Å². The van der Waals surface area contributed by atoms with Gasteiger partial charge >= 0.3 is 0 Å². The first kappa shape index (κ1) is 9.50. The Morgan fingerprint density at radius 3 is 1.10 bits per heavy atom. The zero-order valence-corrected chi connectivity index (χ0v) is 6.98. The van der Waals surface area contributed by atoms with Crippen LogP contribution >= 0.6 is 0 Å². The lowest BCUT2D eigenvalue weighted by molar-refractivity contribution is 0.593. The number of sulfonamides is 2. The highest BCUT2D eigenvalue weighted by Gasteiger charge is 2.00. The van der Waals surface area contributed by atoms with Gasteiger partial charge in [-0.2, -0.15) is 0 Å². The van der Waals surface area contributed by atoms with Crippen LogP contribution in [0, 0.1) is 0 Å². The molecule has 0 spiro atoms. The van der Waals surface area contributed by atoms with E-state index < -0.39 is 20.0 Å². The van der Waals surface area contributed by atoms with Gasteiger partial charge in [0.1, 0.15) is 0 Å². The van der Waals surface area contributed by atoms with E-state index >= 15 is 0 Å². The molecule has 0 atom stereocenters. The van der Waals surface area contributed by atoms with E-state index in [1.54, 1.807) is 0 Å². The fraction of sp³-hybridized carbons (Fsp3) is 1.00. The van der Waals surface area contributed by atoms with Gasteiger partial charge in [0, 0.05) is 0 Å². The average molecular weight is 186 g/mol. The molecule has 0 fully saturated rings. The van der Waals surface area contributed by atoms with E-state index in [9.17, 15) is 16.8 Å². The molecule has 0 aromatic carbocycles. The largest absolute Gasteiger partial charge is 0.268 e. The Bertz CT molecular complexity index is 288. The molecule has 0 aliphatic rings. The summed E-state index contributed by atoms with van der Waals surface area (Å²) in [6, 6.07) is 0. The lowest BCUT2D eigenvalue weighted by Gasteiger charge is -1.82. The first-order chi connectivity index (χ1) is 4.21. The molecular formula is C2H6N2O4S2. The van der Waals surface area contributed by atoms with Gasteiger partial charge in [-0.3, -0.25) is 0 Å². The van der Waals surface area contributed by atoms with Crippen LogP contribution in [0.4, 0.5) is 0 Å². The molecule has 60 valence electrons. The minimum atomic E-state index is -3.68. The van der Waals surface area contributed by atoms with Crippen molar-refractivity contribution in [1.82, 2.24) is 0 Å². The van der Waals surface area contributed by atoms with E-state index in [1.807, 2.05) is 0 Å². The minimum Gasteiger partial charge on any atom is -0.203 e. The molecule has 0 aromatic rings. The van der Waals surface area contributed by atoms with E-state index in [-0.39, 0.29) is 0 Å². The smallest absolute Gasteiger partial charge is 0.203 e. The second-order valence-corrected chi connectivity index (χ2v) is 4.89. The summed E-state index contributed by atoms with van der Waals surface area (Å²) in [5.74, 6) is 0. The summed E-state index contributed by atoms with van der Waals surface area (Å²) in [5.41, 5.74) is 0. The normalized spacial score (nSPS) is 14.2. The second-order valence-electron chi connectivity index (χ2n) is 1.63. The summed E-state index contributed by atoms with van der Waals surface area (Å²) in [6.07, 6.45) is 1.50. The number of hydrogen-bond acceptors (Lipinski definition) is 4. The van der Waals surface area contributed by atoms with Crippen molar-refractivity contribution in [2.45, 2.75) is 0 Å². The van der Waals surface area contributed by atoms with Crippen LogP contribution in [0.3, 0.4) is 0 Å². The first-order valence-corrected chi connectivity index (χ1v) is 5.74. The Hall–Kier alpha value is -0.500. The molecule has 0 radical (unpaired) electrons. The van der Waals surface area contributed by atoms with Gasteiger partial charge in [-0.1, -0.05) is 0 Å². The summed E-state index contributed by atoms with van der Waals surface area (Å²) >= 11 is 0. The second kappa shape index (κ2) is 2.62. The van der Waals surface area contributed by atoms with E-state index in [1.165, 1.54) is 0 Å². The highest BCUT2D eigenvalue weighted by atomic mass is 32.2. The molecule has 0 aromatic heterocycles. The summed E-state index contributed by atoms with van der Waals surface area (Å²) in [4.78, 5) is 0. The van der Waals surface area contributed by atoms with Crippen LogP contribution in [0.1, 0.15) is 0 Å². The number of rotatable bonds is 2. The quantitative estimate of drug-likeness (QED) is 0.536. The first-order valence-electron chi connectivity index (χ1n) is 2.05. The highest BCUT2D eigenvalue weighted by Crippen LogP contribution is 1.91. The van der Waals surface area contributed by atoms with Crippen molar-refractivity contribution >= 4 is 20.0 Å². The van der Waals surface area contributed by atoms with E-state index in [0.717, 1.165) is 12.5 Å². The predicted octanol–water partition coefficient (Wildman–Crippen LogP) is -0.642. The molecule has 0 unspecified atom stereocenters. The van der Waals surface area contributed by atoms with Crippen molar-refractivity contribution in [2.24, 2.45) is 9.04 Å². The maximum absolute atomic E-state index is 10.2. The van der Waals surface area contributed by atoms with Gasteiger partial charge in [0.15, 0.2) is 0 Å². The highest BCUT2D eigenvalue weighted by molar-refractivity contribution is 7.91. The molecule has 10 heavy (non-hydrogen) atoms. The molecule has 6 nitrogen and oxygen atoms in total. The predicted molar refractivity (Wildman–Crippen MR) is 34.5 cm³/mol. The third-order valence-corrected chi connectivity index (χ3v) is 1.19. The topological polar surface area (TPSA) is 93.0 Å². The summed E-state index contributed by atoms with van der Waals surface area (Å²) < 4.78 is 45.7. The summed E-state index contributed by atoms with van der Waals surface area (Å²) in [6.45, 7) is 0. The third-order valence-electron chi connectivity index (χ3n) is 0.330. The van der Waals surface area contributed by atoms with Crippen molar-refractivity contribution in [1.29, 1.82) is 0 Å². The van der Waals surface area contributed by atoms with Crippen molar-refractivity contribution in [3.8, 4) is 0 Å². The van der Waals surface area contributed by atoms with Crippen molar-refractivity contribution in [2.75, 3.05) is 12.5 Å². The van der Waals surface area contributed by atoms with Crippen LogP contribution in [-0.2, 0) is 20.0 Å². The fourth-order valence-electron chi connectivity index (χ4n) is 0.121. The molecule has 8 heteroatoms. The van der Waals surface area contributed by atoms with Gasteiger partial charge in [-0.05, 0) is 9.04 Å². The van der Waals surface area contributed by atoms with Gasteiger partial charge < -0.3 is 0 Å². The van der Waals surface area contributed by atoms with E-state index in [0.29, 0.717) is 0 Å². The van der Waals surface area contributed by atoms with Crippen LogP contribution in [0.15, 0.2) is 9.04 Å². The molecule has 0 saturated carbocycles. The van der Waals surface area contributed by atoms with E-state index in [2.05, 4.69) is 9.04 Å². The molecule has 0 saturated heterocycles. The van der Waals surface area contributed by atoms with Gasteiger partial charge in [0.05, 0.1) is 12.5 Å². The minimum absolute atomic E-state index is 0.752. The van der Waals surface area contributed by atoms with Gasteiger partial charge in [0.25, 0.3) is 20.0 Å². The standard InChI is InChI=1S/C2H6N2O4S2/c1-9(5,6)3-4-10(2,7)8/h1-2H3. The summed E-state index contributed by atoms with van der Waals surface area (Å²) in [5, 5.41) is 0. The van der Waals surface area contributed by atoms with Crippen molar-refractivity contribution < 1.29 is 16.8 Å². The lowest BCUT2D eigenvalue weighted by atomic mass is 12.0. The average Bonchev–Trinajstić information content (AvgIpc) is 1.57.